The number of benzene rings is 1. The fourth-order valence-corrected chi connectivity index (χ4v) is 2.04. The van der Waals surface area contributed by atoms with Crippen molar-refractivity contribution in [2.45, 2.75) is 6.54 Å². The monoisotopic (exact) mass is 296 g/mol. The van der Waals surface area contributed by atoms with Gasteiger partial charge in [-0.3, -0.25) is 9.48 Å². The largest absolute Gasteiger partial charge is 0.347 e. The van der Waals surface area contributed by atoms with Crippen molar-refractivity contribution in [3.05, 3.63) is 43.0 Å². The Morgan fingerprint density at radius 3 is 2.91 bits per heavy atom. The summed E-state index contributed by atoms with van der Waals surface area (Å²) in [5.41, 5.74) is 1.64. The van der Waals surface area contributed by atoms with Crippen LogP contribution in [0.15, 0.2) is 43.0 Å². The number of anilines is 2. The highest BCUT2D eigenvalue weighted by Gasteiger charge is 2.08. The Morgan fingerprint density at radius 1 is 1.27 bits per heavy atom. The molecule has 0 bridgehead atoms. The topological polar surface area (TPSA) is 75.9 Å². The van der Waals surface area contributed by atoms with E-state index in [2.05, 4.69) is 20.4 Å². The third kappa shape index (κ3) is 2.88. The van der Waals surface area contributed by atoms with Crippen LogP contribution in [0.3, 0.4) is 0 Å². The normalized spacial score (nSPS) is 10.6. The van der Waals surface area contributed by atoms with Gasteiger partial charge in [-0.2, -0.15) is 5.10 Å². The molecular weight excluding hydrogens is 280 g/mol. The van der Waals surface area contributed by atoms with Gasteiger partial charge in [-0.25, -0.2) is 9.97 Å². The van der Waals surface area contributed by atoms with Crippen LogP contribution in [0.5, 0.6) is 0 Å². The molecular formula is C15H16N6O. The Hall–Kier alpha value is -2.96. The molecule has 0 saturated heterocycles. The third-order valence-corrected chi connectivity index (χ3v) is 3.23. The number of amides is 1. The molecule has 0 aliphatic carbocycles. The summed E-state index contributed by atoms with van der Waals surface area (Å²) in [6.07, 6.45) is 4.96. The number of nitrogens with zero attached hydrogens (tertiary/aromatic N) is 5. The first-order valence-corrected chi connectivity index (χ1v) is 6.83. The first-order chi connectivity index (χ1) is 10.6. The molecule has 0 aliphatic heterocycles. The van der Waals surface area contributed by atoms with E-state index in [9.17, 15) is 4.79 Å². The average molecular weight is 296 g/mol. The Kier molecular flexibility index (Phi) is 3.69. The number of nitrogens with one attached hydrogen (secondary N) is 1. The zero-order chi connectivity index (χ0) is 15.5. The van der Waals surface area contributed by atoms with Crippen LogP contribution in [0.4, 0.5) is 11.5 Å². The summed E-state index contributed by atoms with van der Waals surface area (Å²) < 4.78 is 1.59. The molecule has 7 heteroatoms. The fourth-order valence-electron chi connectivity index (χ4n) is 2.04. The molecule has 112 valence electrons. The Bertz CT molecular complexity index is 805. The number of rotatable bonds is 4. The molecule has 3 aromatic rings. The van der Waals surface area contributed by atoms with Crippen molar-refractivity contribution >= 4 is 28.3 Å². The van der Waals surface area contributed by atoms with Gasteiger partial charge in [0, 0.05) is 25.7 Å². The van der Waals surface area contributed by atoms with Crippen LogP contribution in [0.1, 0.15) is 0 Å². The summed E-state index contributed by atoms with van der Waals surface area (Å²) in [6, 6.07) is 7.76. The minimum absolute atomic E-state index is 0.0119. The summed E-state index contributed by atoms with van der Waals surface area (Å²) in [6.45, 7) is 0.208. The fraction of sp³-hybridized carbons (Fsp3) is 0.200. The molecule has 2 heterocycles. The van der Waals surface area contributed by atoms with Crippen molar-refractivity contribution in [2.75, 3.05) is 19.4 Å². The second-order valence-electron chi connectivity index (χ2n) is 5.08. The van der Waals surface area contributed by atoms with Crippen LogP contribution >= 0.6 is 0 Å². The van der Waals surface area contributed by atoms with E-state index in [4.69, 9.17) is 0 Å². The van der Waals surface area contributed by atoms with E-state index in [0.717, 1.165) is 16.6 Å². The van der Waals surface area contributed by atoms with Crippen LogP contribution in [0.2, 0.25) is 0 Å². The van der Waals surface area contributed by atoms with E-state index in [1.165, 1.54) is 11.2 Å². The third-order valence-electron chi connectivity index (χ3n) is 3.23. The molecule has 0 atom stereocenters. The maximum absolute atomic E-state index is 11.7. The second-order valence-corrected chi connectivity index (χ2v) is 5.08. The first kappa shape index (κ1) is 14.0. The molecule has 0 fully saturated rings. The van der Waals surface area contributed by atoms with E-state index in [1.807, 2.05) is 24.3 Å². The number of aromatic nitrogens is 4. The zero-order valence-electron chi connectivity index (χ0n) is 12.4. The maximum Gasteiger partial charge on any atom is 0.243 e. The Balaban J connectivity index is 1.81. The SMILES string of the molecule is CN(C)C(=O)Cn1cc(Nc2ncnc3ccccc23)cn1. The zero-order valence-corrected chi connectivity index (χ0v) is 12.4. The standard InChI is InChI=1S/C15H16N6O/c1-20(2)14(22)9-21-8-11(7-18-21)19-15-12-5-3-4-6-13(12)16-10-17-15/h3-8,10H,9H2,1-2H3,(H,16,17,19). The summed E-state index contributed by atoms with van der Waals surface area (Å²) in [4.78, 5) is 21.7. The summed E-state index contributed by atoms with van der Waals surface area (Å²) in [7, 11) is 3.44. The van der Waals surface area contributed by atoms with Gasteiger partial charge in [-0.1, -0.05) is 12.1 Å². The number of carbonyl (C=O) groups excluding carboxylic acids is 1. The van der Waals surface area contributed by atoms with Crippen LogP contribution in [0, 0.1) is 0 Å². The minimum Gasteiger partial charge on any atom is -0.347 e. The van der Waals surface area contributed by atoms with Crippen molar-refractivity contribution in [3.63, 3.8) is 0 Å². The summed E-state index contributed by atoms with van der Waals surface area (Å²) in [5, 5.41) is 8.32. The molecule has 0 aliphatic rings. The van der Waals surface area contributed by atoms with Gasteiger partial charge in [0.25, 0.3) is 0 Å². The lowest BCUT2D eigenvalue weighted by molar-refractivity contribution is -0.129. The molecule has 0 unspecified atom stereocenters. The Labute approximate surface area is 127 Å². The molecule has 0 saturated carbocycles. The van der Waals surface area contributed by atoms with Gasteiger partial charge in [0.2, 0.25) is 5.91 Å². The van der Waals surface area contributed by atoms with E-state index < -0.39 is 0 Å². The van der Waals surface area contributed by atoms with Crippen molar-refractivity contribution < 1.29 is 4.79 Å². The van der Waals surface area contributed by atoms with E-state index >= 15 is 0 Å². The molecule has 22 heavy (non-hydrogen) atoms. The lowest BCUT2D eigenvalue weighted by Crippen LogP contribution is -2.26. The Morgan fingerprint density at radius 2 is 2.09 bits per heavy atom. The highest BCUT2D eigenvalue weighted by molar-refractivity contribution is 5.90. The molecule has 1 N–H and O–H groups in total. The average Bonchev–Trinajstić information content (AvgIpc) is 2.94. The lowest BCUT2D eigenvalue weighted by atomic mass is 10.2. The maximum atomic E-state index is 11.7. The van der Waals surface area contributed by atoms with E-state index in [0.29, 0.717) is 5.82 Å². The molecule has 3 rings (SSSR count). The molecule has 1 amide bonds. The van der Waals surface area contributed by atoms with Gasteiger partial charge >= 0.3 is 0 Å². The number of para-hydroxylation sites is 1. The van der Waals surface area contributed by atoms with Crippen LogP contribution in [-0.4, -0.2) is 44.7 Å². The van der Waals surface area contributed by atoms with E-state index in [1.54, 1.807) is 31.2 Å². The van der Waals surface area contributed by atoms with Crippen LogP contribution in [-0.2, 0) is 11.3 Å². The number of fused-ring (bicyclic) bond motifs is 1. The first-order valence-electron chi connectivity index (χ1n) is 6.83. The van der Waals surface area contributed by atoms with Crippen LogP contribution < -0.4 is 5.32 Å². The predicted octanol–water partition coefficient (Wildman–Crippen LogP) is 1.66. The smallest absolute Gasteiger partial charge is 0.243 e. The van der Waals surface area contributed by atoms with Crippen molar-refractivity contribution in [2.24, 2.45) is 0 Å². The molecule has 2 aromatic heterocycles. The number of likely N-dealkylation sites (N-methyl/N-ethyl adjacent to an activating group) is 1. The van der Waals surface area contributed by atoms with E-state index in [-0.39, 0.29) is 12.5 Å². The molecule has 0 radical (unpaired) electrons. The molecule has 7 nitrogen and oxygen atoms in total. The van der Waals surface area contributed by atoms with Gasteiger partial charge in [-0.05, 0) is 12.1 Å². The molecule has 0 spiro atoms. The molecule has 1 aromatic carbocycles. The summed E-state index contributed by atoms with van der Waals surface area (Å²) >= 11 is 0. The highest BCUT2D eigenvalue weighted by atomic mass is 16.2. The number of hydrogen-bond donors (Lipinski definition) is 1. The second kappa shape index (κ2) is 5.80. The van der Waals surface area contributed by atoms with Crippen LogP contribution in [0.25, 0.3) is 10.9 Å². The number of hydrogen-bond acceptors (Lipinski definition) is 5. The minimum atomic E-state index is -0.0119. The van der Waals surface area contributed by atoms with Crippen molar-refractivity contribution in [1.29, 1.82) is 0 Å². The van der Waals surface area contributed by atoms with Gasteiger partial charge < -0.3 is 10.2 Å². The summed E-state index contributed by atoms with van der Waals surface area (Å²) in [5.74, 6) is 0.700. The lowest BCUT2D eigenvalue weighted by Gasteiger charge is -2.09. The van der Waals surface area contributed by atoms with Gasteiger partial charge in [0.15, 0.2) is 0 Å². The van der Waals surface area contributed by atoms with Gasteiger partial charge in [0.1, 0.15) is 18.7 Å². The number of carbonyl (C=O) groups is 1. The van der Waals surface area contributed by atoms with Crippen molar-refractivity contribution in [3.8, 4) is 0 Å². The van der Waals surface area contributed by atoms with Gasteiger partial charge in [-0.15, -0.1) is 0 Å². The predicted molar refractivity (Wildman–Crippen MR) is 83.7 cm³/mol. The van der Waals surface area contributed by atoms with Gasteiger partial charge in [0.05, 0.1) is 17.4 Å². The quantitative estimate of drug-likeness (QED) is 0.792. The highest BCUT2D eigenvalue weighted by Crippen LogP contribution is 2.22. The van der Waals surface area contributed by atoms with Crippen molar-refractivity contribution in [1.82, 2.24) is 24.6 Å².